The van der Waals surface area contributed by atoms with E-state index in [1.807, 2.05) is 13.0 Å². The van der Waals surface area contributed by atoms with Crippen LogP contribution in [0.25, 0.3) is 0 Å². The topological polar surface area (TPSA) is 12.4 Å². The summed E-state index contributed by atoms with van der Waals surface area (Å²) in [6.45, 7) is 6.02. The largest absolute Gasteiger partial charge is 0.257 e. The Hall–Kier alpha value is -1.18. The number of aliphatic imine (C=N–C) groups is 1. The van der Waals surface area contributed by atoms with Gasteiger partial charge in [-0.3, -0.25) is 4.99 Å². The fourth-order valence-corrected chi connectivity index (χ4v) is 2.23. The Morgan fingerprint density at radius 1 is 1.25 bits per heavy atom. The van der Waals surface area contributed by atoms with Gasteiger partial charge < -0.3 is 0 Å². The number of aryl methyl sites for hydroxylation is 2. The van der Waals surface area contributed by atoms with Crippen molar-refractivity contribution in [1.29, 1.82) is 0 Å². The first kappa shape index (κ1) is 11.3. The van der Waals surface area contributed by atoms with Gasteiger partial charge in [0, 0.05) is 11.8 Å². The summed E-state index contributed by atoms with van der Waals surface area (Å²) in [7, 11) is 0. The van der Waals surface area contributed by atoms with Crippen LogP contribution in [0.4, 0.5) is 10.1 Å². The Balaban J connectivity index is 2.31. The Bertz CT molecular complexity index is 435. The highest BCUT2D eigenvalue weighted by molar-refractivity contribution is 5.89. The van der Waals surface area contributed by atoms with E-state index in [0.717, 1.165) is 30.0 Å². The summed E-state index contributed by atoms with van der Waals surface area (Å²) in [5.41, 5.74) is 3.78. The zero-order valence-electron chi connectivity index (χ0n) is 10.2. The summed E-state index contributed by atoms with van der Waals surface area (Å²) in [4.78, 5) is 4.59. The first-order chi connectivity index (χ1) is 7.56. The zero-order valence-corrected chi connectivity index (χ0v) is 10.2. The molecule has 1 fully saturated rings. The van der Waals surface area contributed by atoms with Crippen LogP contribution in [-0.4, -0.2) is 5.71 Å². The minimum atomic E-state index is -0.156. The van der Waals surface area contributed by atoms with Gasteiger partial charge in [-0.2, -0.15) is 0 Å². The Morgan fingerprint density at radius 3 is 2.62 bits per heavy atom. The lowest BCUT2D eigenvalue weighted by Crippen LogP contribution is -1.92. The molecule has 1 aromatic carbocycles. The van der Waals surface area contributed by atoms with E-state index in [2.05, 4.69) is 11.9 Å². The van der Waals surface area contributed by atoms with Crippen LogP contribution in [0.2, 0.25) is 0 Å². The molecule has 1 aliphatic carbocycles. The van der Waals surface area contributed by atoms with E-state index in [1.54, 1.807) is 13.0 Å². The van der Waals surface area contributed by atoms with Crippen molar-refractivity contribution in [2.24, 2.45) is 10.9 Å². The van der Waals surface area contributed by atoms with Crippen LogP contribution in [0, 0.1) is 25.6 Å². The van der Waals surface area contributed by atoms with Crippen molar-refractivity contribution < 1.29 is 4.39 Å². The molecule has 1 nitrogen and oxygen atoms in total. The molecule has 1 aliphatic rings. The average molecular weight is 219 g/mol. The predicted molar refractivity (Wildman–Crippen MR) is 66.0 cm³/mol. The summed E-state index contributed by atoms with van der Waals surface area (Å²) in [5.74, 6) is 0.574. The lowest BCUT2D eigenvalue weighted by molar-refractivity contribution is 0.618. The van der Waals surface area contributed by atoms with Crippen LogP contribution in [0.15, 0.2) is 17.1 Å². The molecule has 1 unspecified atom stereocenters. The number of halogens is 1. The van der Waals surface area contributed by atoms with Crippen LogP contribution in [-0.2, 0) is 0 Å². The van der Waals surface area contributed by atoms with Crippen molar-refractivity contribution in [2.75, 3.05) is 0 Å². The van der Waals surface area contributed by atoms with E-state index in [4.69, 9.17) is 0 Å². The number of hydrogen-bond donors (Lipinski definition) is 0. The van der Waals surface area contributed by atoms with E-state index in [9.17, 15) is 4.39 Å². The van der Waals surface area contributed by atoms with Crippen LogP contribution in [0.5, 0.6) is 0 Å². The van der Waals surface area contributed by atoms with Crippen molar-refractivity contribution in [2.45, 2.75) is 40.0 Å². The van der Waals surface area contributed by atoms with E-state index >= 15 is 0 Å². The third kappa shape index (κ3) is 2.31. The summed E-state index contributed by atoms with van der Waals surface area (Å²) in [6, 6.07) is 3.42. The lowest BCUT2D eigenvalue weighted by Gasteiger charge is -2.05. The molecule has 0 N–H and O–H groups in total. The maximum Gasteiger partial charge on any atom is 0.128 e. The Labute approximate surface area is 96.4 Å². The summed E-state index contributed by atoms with van der Waals surface area (Å²) in [5, 5.41) is 0. The average Bonchev–Trinajstić information content (AvgIpc) is 2.60. The molecule has 2 heteroatoms. The molecule has 0 bridgehead atoms. The quantitative estimate of drug-likeness (QED) is 0.666. The number of nitrogens with zero attached hydrogens (tertiary/aromatic N) is 1. The van der Waals surface area contributed by atoms with Crippen LogP contribution in [0.3, 0.4) is 0 Å². The molecular weight excluding hydrogens is 201 g/mol. The van der Waals surface area contributed by atoms with Gasteiger partial charge in [-0.15, -0.1) is 0 Å². The first-order valence-corrected chi connectivity index (χ1v) is 5.89. The van der Waals surface area contributed by atoms with Crippen molar-refractivity contribution in [3.63, 3.8) is 0 Å². The fourth-order valence-electron chi connectivity index (χ4n) is 2.23. The van der Waals surface area contributed by atoms with Gasteiger partial charge in [0.15, 0.2) is 0 Å². The third-order valence-electron chi connectivity index (χ3n) is 3.27. The molecule has 1 aromatic rings. The van der Waals surface area contributed by atoms with E-state index in [1.165, 1.54) is 12.1 Å². The SMILES string of the molecule is Cc1cc(C)c(/N=C2/CCC(C)C2)cc1F. The molecule has 0 saturated heterocycles. The van der Waals surface area contributed by atoms with E-state index < -0.39 is 0 Å². The zero-order chi connectivity index (χ0) is 11.7. The standard InChI is InChI=1S/C14H18FN/c1-9-4-5-12(6-9)16-14-8-13(15)10(2)7-11(14)3/h7-9H,4-6H2,1-3H3/b16-12-. The van der Waals surface area contributed by atoms with Gasteiger partial charge in [0.05, 0.1) is 5.69 Å². The molecule has 0 spiro atoms. The molecule has 1 saturated carbocycles. The molecule has 86 valence electrons. The van der Waals surface area contributed by atoms with Crippen molar-refractivity contribution in [3.05, 3.63) is 29.1 Å². The second-order valence-corrected chi connectivity index (χ2v) is 4.91. The molecule has 2 rings (SSSR count). The second-order valence-electron chi connectivity index (χ2n) is 4.91. The highest BCUT2D eigenvalue weighted by Gasteiger charge is 2.16. The first-order valence-electron chi connectivity index (χ1n) is 5.89. The monoisotopic (exact) mass is 219 g/mol. The van der Waals surface area contributed by atoms with Crippen LogP contribution >= 0.6 is 0 Å². The van der Waals surface area contributed by atoms with Gasteiger partial charge in [-0.25, -0.2) is 4.39 Å². The van der Waals surface area contributed by atoms with Gasteiger partial charge in [0.2, 0.25) is 0 Å². The molecule has 0 heterocycles. The van der Waals surface area contributed by atoms with Crippen molar-refractivity contribution in [3.8, 4) is 0 Å². The van der Waals surface area contributed by atoms with Gasteiger partial charge in [0.25, 0.3) is 0 Å². The minimum absolute atomic E-state index is 0.156. The maximum absolute atomic E-state index is 13.4. The normalized spacial score (nSPS) is 23.0. The van der Waals surface area contributed by atoms with Crippen molar-refractivity contribution >= 4 is 11.4 Å². The van der Waals surface area contributed by atoms with Gasteiger partial charge in [0.1, 0.15) is 5.82 Å². The van der Waals surface area contributed by atoms with Gasteiger partial charge in [-0.05, 0) is 50.2 Å². The van der Waals surface area contributed by atoms with Gasteiger partial charge >= 0.3 is 0 Å². The lowest BCUT2D eigenvalue weighted by atomic mass is 10.1. The summed E-state index contributed by atoms with van der Waals surface area (Å²) < 4.78 is 13.4. The van der Waals surface area contributed by atoms with Crippen LogP contribution in [0.1, 0.15) is 37.3 Å². The molecule has 0 radical (unpaired) electrons. The number of benzene rings is 1. The molecular formula is C14H18FN. The van der Waals surface area contributed by atoms with Crippen LogP contribution < -0.4 is 0 Å². The smallest absolute Gasteiger partial charge is 0.128 e. The number of hydrogen-bond acceptors (Lipinski definition) is 1. The van der Waals surface area contributed by atoms with E-state index in [0.29, 0.717) is 5.56 Å². The molecule has 0 aromatic heterocycles. The third-order valence-corrected chi connectivity index (χ3v) is 3.27. The Kier molecular flexibility index (Phi) is 3.08. The van der Waals surface area contributed by atoms with Gasteiger partial charge in [-0.1, -0.05) is 13.0 Å². The minimum Gasteiger partial charge on any atom is -0.257 e. The second kappa shape index (κ2) is 4.36. The number of rotatable bonds is 1. The maximum atomic E-state index is 13.4. The summed E-state index contributed by atoms with van der Waals surface area (Å²) in [6.07, 6.45) is 3.34. The molecule has 0 aliphatic heterocycles. The fraction of sp³-hybridized carbons (Fsp3) is 0.500. The van der Waals surface area contributed by atoms with Crippen molar-refractivity contribution in [1.82, 2.24) is 0 Å². The molecule has 1 atom stereocenters. The highest BCUT2D eigenvalue weighted by Crippen LogP contribution is 2.28. The highest BCUT2D eigenvalue weighted by atomic mass is 19.1. The summed E-state index contributed by atoms with van der Waals surface area (Å²) >= 11 is 0. The molecule has 0 amide bonds. The molecule has 16 heavy (non-hydrogen) atoms. The predicted octanol–water partition coefficient (Wildman–Crippen LogP) is 4.34. The van der Waals surface area contributed by atoms with E-state index in [-0.39, 0.29) is 5.82 Å². The Morgan fingerprint density at radius 2 is 2.00 bits per heavy atom.